The summed E-state index contributed by atoms with van der Waals surface area (Å²) in [7, 11) is 0. The van der Waals surface area contributed by atoms with Gasteiger partial charge in [-0.25, -0.2) is 0 Å². The molecule has 0 radical (unpaired) electrons. The highest BCUT2D eigenvalue weighted by atomic mass is 16.3. The molecule has 0 bridgehead atoms. The molecule has 6 heteroatoms. The van der Waals surface area contributed by atoms with Crippen molar-refractivity contribution in [3.63, 3.8) is 0 Å². The lowest BCUT2D eigenvalue weighted by Gasteiger charge is -2.20. The largest absolute Gasteiger partial charge is 0.508 e. The molecule has 0 saturated carbocycles. The normalized spacial score (nSPS) is 11.3. The number of aromatic nitrogens is 2. The minimum Gasteiger partial charge on any atom is -0.508 e. The van der Waals surface area contributed by atoms with Crippen LogP contribution in [0.5, 0.6) is 5.75 Å². The first kappa shape index (κ1) is 13.9. The molecule has 0 fully saturated rings. The molecule has 2 aromatic rings. The molecule has 0 unspecified atom stereocenters. The van der Waals surface area contributed by atoms with E-state index >= 15 is 0 Å². The number of rotatable bonds is 2. The first-order chi connectivity index (χ1) is 9.28. The minimum atomic E-state index is -0.368. The van der Waals surface area contributed by atoms with Gasteiger partial charge in [0.05, 0.1) is 0 Å². The molecular weight excluding hydrogens is 256 g/mol. The number of hydrogen-bond acceptors (Lipinski definition) is 4. The molecule has 0 aliphatic rings. The standard InChI is InChI=1S/C14H18N4O2/c1-14(2,3)16-13(20)10-11(17-18-12(10)15)8-4-6-9(19)7-5-8/h4-7,19H,1-3H3,(H,16,20)(H3,15,17,18). The maximum atomic E-state index is 12.3. The van der Waals surface area contributed by atoms with Crippen LogP contribution in [0.4, 0.5) is 5.82 Å². The number of nitrogens with zero attached hydrogens (tertiary/aromatic N) is 1. The van der Waals surface area contributed by atoms with Crippen LogP contribution in [0.15, 0.2) is 24.3 Å². The Hall–Kier alpha value is -2.50. The predicted octanol–water partition coefficient (Wildman–Crippen LogP) is 1.89. The molecule has 1 aromatic heterocycles. The molecule has 0 atom stereocenters. The van der Waals surface area contributed by atoms with Gasteiger partial charge >= 0.3 is 0 Å². The van der Waals surface area contributed by atoms with E-state index in [9.17, 15) is 9.90 Å². The summed E-state index contributed by atoms with van der Waals surface area (Å²) in [6.07, 6.45) is 0. The number of aromatic hydroxyl groups is 1. The Bertz CT molecular complexity index is 624. The Morgan fingerprint density at radius 3 is 2.45 bits per heavy atom. The second kappa shape index (κ2) is 4.88. The summed E-state index contributed by atoms with van der Waals surface area (Å²) in [6, 6.07) is 6.43. The average molecular weight is 274 g/mol. The number of phenolic OH excluding ortho intramolecular Hbond substituents is 1. The number of nitrogens with one attached hydrogen (secondary N) is 2. The van der Waals surface area contributed by atoms with Gasteiger partial charge in [-0.2, -0.15) is 5.10 Å². The monoisotopic (exact) mass is 274 g/mol. The molecule has 1 amide bonds. The molecule has 0 aliphatic carbocycles. The molecule has 0 saturated heterocycles. The number of hydrogen-bond donors (Lipinski definition) is 4. The molecule has 0 aliphatic heterocycles. The van der Waals surface area contributed by atoms with E-state index in [-0.39, 0.29) is 23.0 Å². The quantitative estimate of drug-likeness (QED) is 0.671. The van der Waals surface area contributed by atoms with Crippen LogP contribution in [0, 0.1) is 0 Å². The molecule has 6 nitrogen and oxygen atoms in total. The number of nitrogens with two attached hydrogens (primary N) is 1. The number of carbonyl (C=O) groups is 1. The fourth-order valence-electron chi connectivity index (χ4n) is 1.82. The van der Waals surface area contributed by atoms with Crippen LogP contribution in [0.2, 0.25) is 0 Å². The molecule has 5 N–H and O–H groups in total. The van der Waals surface area contributed by atoms with Gasteiger partial charge in [-0.3, -0.25) is 9.89 Å². The van der Waals surface area contributed by atoms with Crippen molar-refractivity contribution in [1.82, 2.24) is 15.5 Å². The Morgan fingerprint density at radius 1 is 1.30 bits per heavy atom. The molecule has 2 rings (SSSR count). The van der Waals surface area contributed by atoms with Gasteiger partial charge in [-0.05, 0) is 45.0 Å². The molecule has 0 spiro atoms. The van der Waals surface area contributed by atoms with Crippen LogP contribution in [0.25, 0.3) is 11.3 Å². The topological polar surface area (TPSA) is 104 Å². The number of carbonyl (C=O) groups excluding carboxylic acids is 1. The second-order valence-electron chi connectivity index (χ2n) is 5.61. The van der Waals surface area contributed by atoms with E-state index in [4.69, 9.17) is 5.73 Å². The smallest absolute Gasteiger partial charge is 0.257 e. The van der Waals surface area contributed by atoms with Gasteiger partial charge in [0, 0.05) is 11.1 Å². The Labute approximate surface area is 117 Å². The third-order valence-electron chi connectivity index (χ3n) is 2.65. The van der Waals surface area contributed by atoms with Crippen molar-refractivity contribution in [3.05, 3.63) is 29.8 Å². The SMILES string of the molecule is CC(C)(C)NC(=O)c1c(-c2ccc(O)cc2)n[nH]c1N. The van der Waals surface area contributed by atoms with E-state index in [0.29, 0.717) is 16.8 Å². The van der Waals surface area contributed by atoms with E-state index in [0.717, 1.165) is 0 Å². The van der Waals surface area contributed by atoms with Crippen molar-refractivity contribution in [2.75, 3.05) is 5.73 Å². The van der Waals surface area contributed by atoms with Crippen LogP contribution < -0.4 is 11.1 Å². The number of H-pyrrole nitrogens is 1. The summed E-state index contributed by atoms with van der Waals surface area (Å²) in [5, 5.41) is 18.9. The molecule has 106 valence electrons. The zero-order valence-electron chi connectivity index (χ0n) is 11.7. The number of aromatic amines is 1. The van der Waals surface area contributed by atoms with Gasteiger partial charge in [0.15, 0.2) is 0 Å². The average Bonchev–Trinajstić information content (AvgIpc) is 2.70. The van der Waals surface area contributed by atoms with Crippen molar-refractivity contribution in [1.29, 1.82) is 0 Å². The van der Waals surface area contributed by atoms with E-state index in [1.54, 1.807) is 12.1 Å². The summed E-state index contributed by atoms with van der Waals surface area (Å²) in [5.74, 6) is 0.0830. The van der Waals surface area contributed by atoms with Crippen LogP contribution >= 0.6 is 0 Å². The third kappa shape index (κ3) is 2.90. The zero-order chi connectivity index (χ0) is 14.9. The van der Waals surface area contributed by atoms with Crippen LogP contribution in [-0.4, -0.2) is 26.7 Å². The lowest BCUT2D eigenvalue weighted by atomic mass is 10.0. The maximum absolute atomic E-state index is 12.3. The molecule has 1 aromatic carbocycles. The lowest BCUT2D eigenvalue weighted by molar-refractivity contribution is 0.0921. The van der Waals surface area contributed by atoms with E-state index in [1.807, 2.05) is 20.8 Å². The van der Waals surface area contributed by atoms with E-state index in [1.165, 1.54) is 12.1 Å². The highest BCUT2D eigenvalue weighted by Gasteiger charge is 2.23. The van der Waals surface area contributed by atoms with Gasteiger partial charge in [0.1, 0.15) is 22.8 Å². The first-order valence-electron chi connectivity index (χ1n) is 6.23. The molecular formula is C14H18N4O2. The van der Waals surface area contributed by atoms with E-state index < -0.39 is 0 Å². The highest BCUT2D eigenvalue weighted by molar-refractivity contribution is 6.04. The first-order valence-corrected chi connectivity index (χ1v) is 6.23. The lowest BCUT2D eigenvalue weighted by Crippen LogP contribution is -2.40. The van der Waals surface area contributed by atoms with Crippen molar-refractivity contribution < 1.29 is 9.90 Å². The third-order valence-corrected chi connectivity index (χ3v) is 2.65. The number of phenols is 1. The summed E-state index contributed by atoms with van der Waals surface area (Å²) in [5.41, 5.74) is 6.91. The number of anilines is 1. The Kier molecular flexibility index (Phi) is 3.40. The number of amides is 1. The predicted molar refractivity (Wildman–Crippen MR) is 77.3 cm³/mol. The van der Waals surface area contributed by atoms with Gasteiger partial charge in [0.25, 0.3) is 5.91 Å². The highest BCUT2D eigenvalue weighted by Crippen LogP contribution is 2.27. The maximum Gasteiger partial charge on any atom is 0.257 e. The minimum absolute atomic E-state index is 0.151. The summed E-state index contributed by atoms with van der Waals surface area (Å²) >= 11 is 0. The van der Waals surface area contributed by atoms with Gasteiger partial charge in [-0.1, -0.05) is 0 Å². The summed E-state index contributed by atoms with van der Waals surface area (Å²) in [6.45, 7) is 5.67. The van der Waals surface area contributed by atoms with Crippen molar-refractivity contribution >= 4 is 11.7 Å². The number of nitrogen functional groups attached to an aromatic ring is 1. The van der Waals surface area contributed by atoms with Crippen molar-refractivity contribution in [2.45, 2.75) is 26.3 Å². The van der Waals surface area contributed by atoms with Crippen molar-refractivity contribution in [3.8, 4) is 17.0 Å². The van der Waals surface area contributed by atoms with Crippen LogP contribution in [0.3, 0.4) is 0 Å². The fraction of sp³-hybridized carbons (Fsp3) is 0.286. The Morgan fingerprint density at radius 2 is 1.90 bits per heavy atom. The molecule has 1 heterocycles. The fourth-order valence-corrected chi connectivity index (χ4v) is 1.82. The second-order valence-corrected chi connectivity index (χ2v) is 5.61. The zero-order valence-corrected chi connectivity index (χ0v) is 11.7. The van der Waals surface area contributed by atoms with E-state index in [2.05, 4.69) is 15.5 Å². The number of benzene rings is 1. The van der Waals surface area contributed by atoms with Gasteiger partial charge in [0.2, 0.25) is 0 Å². The van der Waals surface area contributed by atoms with Crippen LogP contribution in [-0.2, 0) is 0 Å². The summed E-state index contributed by atoms with van der Waals surface area (Å²) < 4.78 is 0. The summed E-state index contributed by atoms with van der Waals surface area (Å²) in [4.78, 5) is 12.3. The molecule has 20 heavy (non-hydrogen) atoms. The Balaban J connectivity index is 2.42. The van der Waals surface area contributed by atoms with Crippen molar-refractivity contribution in [2.24, 2.45) is 0 Å². The van der Waals surface area contributed by atoms with Gasteiger partial charge < -0.3 is 16.2 Å². The van der Waals surface area contributed by atoms with Gasteiger partial charge in [-0.15, -0.1) is 0 Å². The van der Waals surface area contributed by atoms with Crippen LogP contribution in [0.1, 0.15) is 31.1 Å².